The number of rotatable bonds is 75. The Morgan fingerprint density at radius 1 is 0.305 bits per heavy atom. The maximum absolute atomic E-state index is 13.1. The molecule has 95 heavy (non-hydrogen) atoms. The zero-order valence-corrected chi connectivity index (χ0v) is 63.8. The molecule has 0 aromatic carbocycles. The molecule has 19 heteroatoms. The summed E-state index contributed by atoms with van der Waals surface area (Å²) in [5.74, 6) is -0.551. The lowest BCUT2D eigenvalue weighted by atomic mass is 9.99. The molecule has 0 radical (unpaired) electrons. The van der Waals surface area contributed by atoms with E-state index in [1.54, 1.807) is 0 Å². The molecule has 0 aliphatic carbocycles. The molecule has 3 unspecified atom stereocenters. The Morgan fingerprint density at radius 2 is 0.537 bits per heavy atom. The molecule has 0 bridgehead atoms. The van der Waals surface area contributed by atoms with Gasteiger partial charge in [-0.2, -0.15) is 0 Å². The van der Waals surface area contributed by atoms with Crippen LogP contribution in [0, 0.1) is 11.8 Å². The van der Waals surface area contributed by atoms with Crippen LogP contribution in [0.1, 0.15) is 395 Å². The smallest absolute Gasteiger partial charge is 0.462 e. The number of phosphoric ester groups is 2. The second-order valence-electron chi connectivity index (χ2n) is 28.1. The minimum absolute atomic E-state index is 0.104. The highest BCUT2D eigenvalue weighted by Gasteiger charge is 2.30. The molecule has 0 amide bonds. The average molecular weight is 1400 g/mol. The van der Waals surface area contributed by atoms with E-state index >= 15 is 0 Å². The molecular weight excluding hydrogens is 1250 g/mol. The van der Waals surface area contributed by atoms with Gasteiger partial charge in [-0.1, -0.05) is 343 Å². The molecule has 0 spiro atoms. The fourth-order valence-electron chi connectivity index (χ4n) is 11.6. The van der Waals surface area contributed by atoms with Crippen LogP contribution in [-0.4, -0.2) is 96.7 Å². The molecule has 3 N–H and O–H groups in total. The maximum atomic E-state index is 13.1. The number of carbonyl (C=O) groups excluding carboxylic acids is 4. The number of aliphatic hydroxyl groups excluding tert-OH is 1. The van der Waals surface area contributed by atoms with E-state index < -0.39 is 97.5 Å². The summed E-state index contributed by atoms with van der Waals surface area (Å²) in [4.78, 5) is 72.7. The molecular formula is C76H148O17P2. The van der Waals surface area contributed by atoms with Crippen LogP contribution < -0.4 is 0 Å². The molecule has 564 valence electrons. The summed E-state index contributed by atoms with van der Waals surface area (Å²) in [6.45, 7) is 9.59. The van der Waals surface area contributed by atoms with E-state index in [-0.39, 0.29) is 25.7 Å². The maximum Gasteiger partial charge on any atom is 0.472 e. The normalized spacial score (nSPS) is 14.3. The van der Waals surface area contributed by atoms with Crippen molar-refractivity contribution < 1.29 is 80.2 Å². The molecule has 0 aliphatic heterocycles. The van der Waals surface area contributed by atoms with Gasteiger partial charge in [-0.05, 0) is 37.5 Å². The van der Waals surface area contributed by atoms with Crippen LogP contribution >= 0.6 is 15.6 Å². The first-order valence-corrected chi connectivity index (χ1v) is 42.5. The Morgan fingerprint density at radius 3 is 0.800 bits per heavy atom. The van der Waals surface area contributed by atoms with Crippen LogP contribution in [0.25, 0.3) is 0 Å². The molecule has 0 aromatic rings. The molecule has 0 saturated carbocycles. The zero-order valence-electron chi connectivity index (χ0n) is 62.0. The van der Waals surface area contributed by atoms with Crippen LogP contribution in [-0.2, 0) is 65.4 Å². The third-order valence-electron chi connectivity index (χ3n) is 18.1. The number of hydrogen-bond donors (Lipinski definition) is 3. The summed E-state index contributed by atoms with van der Waals surface area (Å²) in [6.07, 6.45) is 55.6. The standard InChI is InChI=1S/C76H148O17P2/c1-7-10-12-14-16-18-20-27-31-35-41-47-53-59-74(79)87-64-71(92-75(80)60-54-48-42-36-32-29-26-24-22-21-23-25-28-30-33-39-45-51-57-69(6)9-3)66-90-94(82,83)88-62-70(77)63-89-95(84,85)91-67-72(93-76(81)61-55-49-43-37-38-44-50-56-68(4)5)65-86-73(78)58-52-46-40-34-19-17-15-13-11-8-2/h68-72,77H,7-67H2,1-6H3,(H,82,83)(H,84,85)/t69?,70-,71-,72-/m1/s1. The van der Waals surface area contributed by atoms with Crippen molar-refractivity contribution in [1.29, 1.82) is 0 Å². The molecule has 0 heterocycles. The number of hydrogen-bond acceptors (Lipinski definition) is 15. The Labute approximate surface area is 581 Å². The highest BCUT2D eigenvalue weighted by Crippen LogP contribution is 2.45. The quantitative estimate of drug-likeness (QED) is 0.0222. The van der Waals surface area contributed by atoms with Crippen molar-refractivity contribution in [3.05, 3.63) is 0 Å². The second kappa shape index (κ2) is 67.9. The first-order chi connectivity index (χ1) is 45.9. The monoisotopic (exact) mass is 1400 g/mol. The van der Waals surface area contributed by atoms with Crippen molar-refractivity contribution in [1.82, 2.24) is 0 Å². The summed E-state index contributed by atoms with van der Waals surface area (Å²) in [7, 11) is -9.91. The van der Waals surface area contributed by atoms with Gasteiger partial charge in [0.2, 0.25) is 0 Å². The number of carbonyl (C=O) groups is 4. The molecule has 0 saturated heterocycles. The van der Waals surface area contributed by atoms with Gasteiger partial charge in [0.15, 0.2) is 12.2 Å². The lowest BCUT2D eigenvalue weighted by Crippen LogP contribution is -2.30. The van der Waals surface area contributed by atoms with E-state index in [0.717, 1.165) is 95.8 Å². The van der Waals surface area contributed by atoms with Crippen LogP contribution in [0.5, 0.6) is 0 Å². The Kier molecular flexibility index (Phi) is 66.5. The van der Waals surface area contributed by atoms with E-state index in [1.807, 2.05) is 0 Å². The van der Waals surface area contributed by atoms with Gasteiger partial charge >= 0.3 is 39.5 Å². The zero-order chi connectivity index (χ0) is 70.0. The van der Waals surface area contributed by atoms with Gasteiger partial charge in [0, 0.05) is 25.7 Å². The first kappa shape index (κ1) is 93.1. The molecule has 17 nitrogen and oxygen atoms in total. The number of esters is 4. The van der Waals surface area contributed by atoms with Gasteiger partial charge in [-0.15, -0.1) is 0 Å². The van der Waals surface area contributed by atoms with E-state index in [9.17, 15) is 43.2 Å². The van der Waals surface area contributed by atoms with Crippen molar-refractivity contribution in [2.75, 3.05) is 39.6 Å². The number of phosphoric acid groups is 2. The van der Waals surface area contributed by atoms with Crippen molar-refractivity contribution in [2.45, 2.75) is 413 Å². The van der Waals surface area contributed by atoms with Gasteiger partial charge in [-0.3, -0.25) is 37.3 Å². The van der Waals surface area contributed by atoms with Crippen molar-refractivity contribution >= 4 is 39.5 Å². The number of aliphatic hydroxyl groups is 1. The average Bonchev–Trinajstić information content (AvgIpc) is 3.60. The summed E-state index contributed by atoms with van der Waals surface area (Å²) in [5.41, 5.74) is 0. The van der Waals surface area contributed by atoms with E-state index in [4.69, 9.17) is 37.0 Å². The van der Waals surface area contributed by atoms with E-state index in [0.29, 0.717) is 31.6 Å². The number of unbranched alkanes of at least 4 members (excludes halogenated alkanes) is 44. The summed E-state index contributed by atoms with van der Waals surface area (Å²) in [6, 6.07) is 0. The summed E-state index contributed by atoms with van der Waals surface area (Å²) >= 11 is 0. The van der Waals surface area contributed by atoms with Crippen LogP contribution in [0.15, 0.2) is 0 Å². The SMILES string of the molecule is CCCCCCCCCCCCCCCC(=O)OC[C@H](COP(=O)(O)OC[C@@H](O)COP(=O)(O)OC[C@@H](COC(=O)CCCCCCCCCCCC)OC(=O)CCCCCCCCCC(C)C)OC(=O)CCCCCCCCCCCCCCCCCCCCC(C)CC. The first-order valence-electron chi connectivity index (χ1n) is 39.5. The third kappa shape index (κ3) is 69.0. The summed E-state index contributed by atoms with van der Waals surface area (Å²) in [5, 5.41) is 10.6. The topological polar surface area (TPSA) is 237 Å². The number of ether oxygens (including phenoxy) is 4. The van der Waals surface area contributed by atoms with Crippen molar-refractivity contribution in [3.8, 4) is 0 Å². The Bertz CT molecular complexity index is 1840. The van der Waals surface area contributed by atoms with Gasteiger partial charge in [-0.25, -0.2) is 9.13 Å². The fraction of sp³-hybridized carbons (Fsp3) is 0.947. The van der Waals surface area contributed by atoms with Gasteiger partial charge in [0.1, 0.15) is 19.3 Å². The van der Waals surface area contributed by atoms with Crippen molar-refractivity contribution in [3.63, 3.8) is 0 Å². The van der Waals surface area contributed by atoms with Crippen LogP contribution in [0.3, 0.4) is 0 Å². The minimum atomic E-state index is -4.96. The van der Waals surface area contributed by atoms with E-state index in [1.165, 1.54) is 212 Å². The minimum Gasteiger partial charge on any atom is -0.462 e. The third-order valence-corrected chi connectivity index (χ3v) is 20.0. The van der Waals surface area contributed by atoms with Crippen LogP contribution in [0.2, 0.25) is 0 Å². The Balaban J connectivity index is 5.17. The second-order valence-corrected chi connectivity index (χ2v) is 31.0. The van der Waals surface area contributed by atoms with Crippen LogP contribution in [0.4, 0.5) is 0 Å². The molecule has 0 rings (SSSR count). The lowest BCUT2D eigenvalue weighted by molar-refractivity contribution is -0.161. The predicted molar refractivity (Wildman–Crippen MR) is 386 cm³/mol. The van der Waals surface area contributed by atoms with Gasteiger partial charge in [0.05, 0.1) is 26.4 Å². The van der Waals surface area contributed by atoms with Crippen molar-refractivity contribution in [2.24, 2.45) is 11.8 Å². The largest absolute Gasteiger partial charge is 0.472 e. The lowest BCUT2D eigenvalue weighted by Gasteiger charge is -2.21. The van der Waals surface area contributed by atoms with E-state index in [2.05, 4.69) is 41.5 Å². The molecule has 6 atom stereocenters. The van der Waals surface area contributed by atoms with Gasteiger partial charge < -0.3 is 33.8 Å². The summed E-state index contributed by atoms with van der Waals surface area (Å²) < 4.78 is 68.4. The molecule has 0 fully saturated rings. The highest BCUT2D eigenvalue weighted by atomic mass is 31.2. The predicted octanol–water partition coefficient (Wildman–Crippen LogP) is 22.3. The highest BCUT2D eigenvalue weighted by molar-refractivity contribution is 7.47. The molecule has 0 aromatic heterocycles. The molecule has 0 aliphatic rings. The Hall–Kier alpha value is -1.94. The fourth-order valence-corrected chi connectivity index (χ4v) is 13.2. The van der Waals surface area contributed by atoms with Gasteiger partial charge in [0.25, 0.3) is 0 Å².